The minimum absolute atomic E-state index is 0.000187. The molecule has 1 aromatic rings. The fraction of sp³-hybridized carbons (Fsp3) is 0.692. The zero-order valence-electron chi connectivity index (χ0n) is 13.8. The molecule has 2 heterocycles. The molecule has 0 aliphatic carbocycles. The number of rotatable bonds is 5. The summed E-state index contributed by atoms with van der Waals surface area (Å²) in [5.74, 6) is -0.824. The van der Waals surface area contributed by atoms with Gasteiger partial charge < -0.3 is 5.32 Å². The van der Waals surface area contributed by atoms with Gasteiger partial charge in [0.15, 0.2) is 0 Å². The van der Waals surface area contributed by atoms with Crippen LogP contribution in [-0.4, -0.2) is 72.6 Å². The molecule has 0 unspecified atom stereocenters. The van der Waals surface area contributed by atoms with Crippen LogP contribution < -0.4 is 5.32 Å². The van der Waals surface area contributed by atoms with Crippen LogP contribution in [0, 0.1) is 0 Å². The van der Waals surface area contributed by atoms with Crippen molar-refractivity contribution in [1.82, 2.24) is 23.7 Å². The zero-order chi connectivity index (χ0) is 18.9. The van der Waals surface area contributed by atoms with Gasteiger partial charge >= 0.3 is 6.18 Å². The normalized spacial score (nSPS) is 19.1. The fourth-order valence-corrected chi connectivity index (χ4v) is 3.85. The molecule has 25 heavy (non-hydrogen) atoms. The van der Waals surface area contributed by atoms with Crippen molar-refractivity contribution in [3.05, 3.63) is 18.5 Å². The lowest BCUT2D eigenvalue weighted by molar-refractivity contribution is -0.145. The summed E-state index contributed by atoms with van der Waals surface area (Å²) in [5.41, 5.74) is -1.35. The molecule has 142 valence electrons. The lowest BCUT2D eigenvalue weighted by atomic mass is 9.87. The summed E-state index contributed by atoms with van der Waals surface area (Å²) in [7, 11) is -0.876. The van der Waals surface area contributed by atoms with Crippen LogP contribution in [0.25, 0.3) is 0 Å². The molecule has 1 aliphatic rings. The van der Waals surface area contributed by atoms with Gasteiger partial charge in [0.1, 0.15) is 12.1 Å². The highest BCUT2D eigenvalue weighted by Gasteiger charge is 2.46. The fourth-order valence-electron chi connectivity index (χ4n) is 2.75. The highest BCUT2D eigenvalue weighted by Crippen LogP contribution is 2.31. The molecule has 0 aromatic carbocycles. The predicted octanol–water partition coefficient (Wildman–Crippen LogP) is 0.159. The molecule has 0 radical (unpaired) electrons. The van der Waals surface area contributed by atoms with Gasteiger partial charge in [0.2, 0.25) is 5.91 Å². The van der Waals surface area contributed by atoms with E-state index in [0.717, 1.165) is 4.31 Å². The molecule has 1 aliphatic heterocycles. The first-order chi connectivity index (χ1) is 11.5. The van der Waals surface area contributed by atoms with Crippen LogP contribution in [-0.2, 0) is 20.5 Å². The van der Waals surface area contributed by atoms with E-state index in [2.05, 4.69) is 5.10 Å². The number of halogens is 3. The van der Waals surface area contributed by atoms with Gasteiger partial charge in [0.25, 0.3) is 10.2 Å². The Morgan fingerprint density at radius 3 is 2.36 bits per heavy atom. The molecule has 1 amide bonds. The molecule has 1 aromatic heterocycles. The van der Waals surface area contributed by atoms with Crippen LogP contribution >= 0.6 is 0 Å². The van der Waals surface area contributed by atoms with Crippen molar-refractivity contribution in [2.75, 3.05) is 33.7 Å². The summed E-state index contributed by atoms with van der Waals surface area (Å²) in [6.45, 7) is -1.45. The van der Waals surface area contributed by atoms with Crippen molar-refractivity contribution < 1.29 is 26.4 Å². The predicted molar refractivity (Wildman–Crippen MR) is 82.7 cm³/mol. The quantitative estimate of drug-likeness (QED) is 0.785. The summed E-state index contributed by atoms with van der Waals surface area (Å²) in [6.07, 6.45) is -1.59. The lowest BCUT2D eigenvalue weighted by Crippen LogP contribution is -2.58. The molecule has 1 N–H and O–H groups in total. The molecular formula is C13H20F3N5O3S. The molecule has 1 saturated heterocycles. The number of piperidine rings is 1. The van der Waals surface area contributed by atoms with Gasteiger partial charge in [0, 0.05) is 39.6 Å². The Bertz CT molecular complexity index is 695. The van der Waals surface area contributed by atoms with Gasteiger partial charge in [-0.05, 0) is 18.9 Å². The first-order valence-electron chi connectivity index (χ1n) is 7.52. The average molecular weight is 383 g/mol. The molecule has 0 atom stereocenters. The van der Waals surface area contributed by atoms with Crippen LogP contribution in [0.1, 0.15) is 12.8 Å². The molecule has 12 heteroatoms. The molecule has 0 spiro atoms. The van der Waals surface area contributed by atoms with Crippen LogP contribution in [0.2, 0.25) is 0 Å². The Labute approximate surface area is 143 Å². The Balaban J connectivity index is 2.22. The van der Waals surface area contributed by atoms with E-state index in [0.29, 0.717) is 0 Å². The van der Waals surface area contributed by atoms with E-state index >= 15 is 0 Å². The van der Waals surface area contributed by atoms with E-state index in [1.807, 2.05) is 5.32 Å². The minimum Gasteiger partial charge on any atom is -0.345 e. The third-order valence-corrected chi connectivity index (χ3v) is 6.09. The van der Waals surface area contributed by atoms with Gasteiger partial charge in [-0.15, -0.1) is 0 Å². The van der Waals surface area contributed by atoms with E-state index in [4.69, 9.17) is 0 Å². The molecule has 2 rings (SSSR count). The summed E-state index contributed by atoms with van der Waals surface area (Å²) in [5, 5.41) is 5.89. The summed E-state index contributed by atoms with van der Waals surface area (Å²) in [6, 6.07) is 1.56. The third-order valence-electron chi connectivity index (χ3n) is 4.15. The van der Waals surface area contributed by atoms with Crippen molar-refractivity contribution in [2.45, 2.75) is 24.6 Å². The molecule has 0 bridgehead atoms. The van der Waals surface area contributed by atoms with Crippen molar-refractivity contribution in [3.63, 3.8) is 0 Å². The van der Waals surface area contributed by atoms with Crippen LogP contribution in [0.4, 0.5) is 13.2 Å². The highest BCUT2D eigenvalue weighted by atomic mass is 32.2. The van der Waals surface area contributed by atoms with Gasteiger partial charge in [-0.25, -0.2) is 0 Å². The summed E-state index contributed by atoms with van der Waals surface area (Å²) >= 11 is 0. The second-order valence-electron chi connectivity index (χ2n) is 5.97. The van der Waals surface area contributed by atoms with Crippen molar-refractivity contribution >= 4 is 16.1 Å². The van der Waals surface area contributed by atoms with E-state index in [9.17, 15) is 26.4 Å². The Kier molecular flexibility index (Phi) is 5.44. The molecular weight excluding hydrogens is 363 g/mol. The molecule has 1 fully saturated rings. The average Bonchev–Trinajstić information content (AvgIpc) is 3.06. The largest absolute Gasteiger partial charge is 0.405 e. The highest BCUT2D eigenvalue weighted by molar-refractivity contribution is 7.86. The smallest absolute Gasteiger partial charge is 0.345 e. The maximum Gasteiger partial charge on any atom is 0.405 e. The number of alkyl halides is 3. The summed E-state index contributed by atoms with van der Waals surface area (Å²) < 4.78 is 65.2. The number of nitrogens with one attached hydrogen (secondary N) is 1. The van der Waals surface area contributed by atoms with Crippen LogP contribution in [0.15, 0.2) is 18.5 Å². The van der Waals surface area contributed by atoms with E-state index in [1.54, 1.807) is 6.07 Å². The molecule has 8 nitrogen and oxygen atoms in total. The van der Waals surface area contributed by atoms with Crippen molar-refractivity contribution in [2.24, 2.45) is 0 Å². The van der Waals surface area contributed by atoms with Crippen molar-refractivity contribution in [3.8, 4) is 0 Å². The number of aromatic nitrogens is 2. The van der Waals surface area contributed by atoms with Crippen LogP contribution in [0.3, 0.4) is 0 Å². The van der Waals surface area contributed by atoms with Gasteiger partial charge in [-0.3, -0.25) is 9.48 Å². The van der Waals surface area contributed by atoms with E-state index < -0.39 is 34.4 Å². The van der Waals surface area contributed by atoms with Crippen LogP contribution in [0.5, 0.6) is 0 Å². The monoisotopic (exact) mass is 383 g/mol. The molecule has 0 saturated carbocycles. The number of hydrogen-bond donors (Lipinski definition) is 1. The zero-order valence-corrected chi connectivity index (χ0v) is 14.6. The maximum absolute atomic E-state index is 12.5. The second-order valence-corrected chi connectivity index (χ2v) is 8.11. The maximum atomic E-state index is 12.5. The van der Waals surface area contributed by atoms with E-state index in [-0.39, 0.29) is 25.9 Å². The number of nitrogens with zero attached hydrogens (tertiary/aromatic N) is 4. The topological polar surface area (TPSA) is 87.5 Å². The minimum atomic E-state index is -4.53. The van der Waals surface area contributed by atoms with Crippen molar-refractivity contribution in [1.29, 1.82) is 0 Å². The first kappa shape index (κ1) is 19.7. The second kappa shape index (κ2) is 6.92. The Hall–Kier alpha value is -1.66. The SMILES string of the molecule is CN(C)S(=O)(=O)N1CCC(C(=O)NCC(F)(F)F)(n2cccn2)CC1. The Morgan fingerprint density at radius 2 is 1.92 bits per heavy atom. The number of hydrogen-bond acceptors (Lipinski definition) is 4. The van der Waals surface area contributed by atoms with Gasteiger partial charge in [0.05, 0.1) is 0 Å². The lowest BCUT2D eigenvalue weighted by Gasteiger charge is -2.40. The Morgan fingerprint density at radius 1 is 1.32 bits per heavy atom. The standard InChI is InChI=1S/C13H20F3N5O3S/c1-19(2)25(23,24)20-8-4-12(5-9-20,21-7-3-6-18-21)11(22)17-10-13(14,15)16/h3,6-7H,4-5,8-10H2,1-2H3,(H,17,22). The number of carbonyl (C=O) groups is 1. The van der Waals surface area contributed by atoms with Gasteiger partial charge in [-0.2, -0.15) is 35.3 Å². The van der Waals surface area contributed by atoms with Gasteiger partial charge in [-0.1, -0.05) is 0 Å². The third kappa shape index (κ3) is 4.12. The van der Waals surface area contributed by atoms with E-state index in [1.165, 1.54) is 35.5 Å². The number of carbonyl (C=O) groups excluding carboxylic acids is 1. The first-order valence-corrected chi connectivity index (χ1v) is 8.91. The summed E-state index contributed by atoms with van der Waals surface area (Å²) in [4.78, 5) is 12.5. The number of amides is 1.